The van der Waals surface area contributed by atoms with Crippen molar-refractivity contribution < 1.29 is 18.3 Å². The standard InChI is InChI=1S/C18H16F2N4O2/c1-11-4-3-5-12(2)15(11)22-17(25)16-21-10-24(23-16)13-6-8-14(9-7-13)26-18(19)20/h3-10,18H,1-2H3,(H,22,25). The smallest absolute Gasteiger partial charge is 0.387 e. The number of amides is 1. The van der Waals surface area contributed by atoms with Crippen molar-refractivity contribution in [3.05, 3.63) is 65.7 Å². The summed E-state index contributed by atoms with van der Waals surface area (Å²) in [4.78, 5) is 16.4. The van der Waals surface area contributed by atoms with Crippen LogP contribution in [0.3, 0.4) is 0 Å². The molecule has 1 heterocycles. The van der Waals surface area contributed by atoms with Crippen LogP contribution in [-0.4, -0.2) is 27.3 Å². The molecule has 0 aliphatic heterocycles. The molecule has 1 amide bonds. The number of carbonyl (C=O) groups excluding carboxylic acids is 1. The highest BCUT2D eigenvalue weighted by Crippen LogP contribution is 2.20. The van der Waals surface area contributed by atoms with E-state index >= 15 is 0 Å². The minimum Gasteiger partial charge on any atom is -0.435 e. The van der Waals surface area contributed by atoms with Crippen LogP contribution in [-0.2, 0) is 0 Å². The molecule has 0 unspecified atom stereocenters. The van der Waals surface area contributed by atoms with Gasteiger partial charge in [0.05, 0.1) is 5.69 Å². The SMILES string of the molecule is Cc1cccc(C)c1NC(=O)c1ncn(-c2ccc(OC(F)F)cc2)n1. The Morgan fingerprint density at radius 1 is 1.12 bits per heavy atom. The zero-order valence-corrected chi connectivity index (χ0v) is 14.1. The Hall–Kier alpha value is -3.29. The number of ether oxygens (including phenoxy) is 1. The Balaban J connectivity index is 1.76. The molecule has 0 saturated heterocycles. The largest absolute Gasteiger partial charge is 0.435 e. The second-order valence-corrected chi connectivity index (χ2v) is 5.61. The van der Waals surface area contributed by atoms with Gasteiger partial charge in [0.1, 0.15) is 12.1 Å². The fourth-order valence-corrected chi connectivity index (χ4v) is 2.45. The molecular formula is C18H16F2N4O2. The summed E-state index contributed by atoms with van der Waals surface area (Å²) < 4.78 is 30.0. The lowest BCUT2D eigenvalue weighted by atomic mass is 10.1. The Kier molecular flexibility index (Phi) is 4.92. The maximum absolute atomic E-state index is 12.4. The molecule has 0 spiro atoms. The predicted molar refractivity (Wildman–Crippen MR) is 91.9 cm³/mol. The first-order chi connectivity index (χ1) is 12.4. The summed E-state index contributed by atoms with van der Waals surface area (Å²) in [7, 11) is 0. The number of hydrogen-bond acceptors (Lipinski definition) is 4. The number of carbonyl (C=O) groups is 1. The molecule has 0 radical (unpaired) electrons. The Morgan fingerprint density at radius 2 is 1.77 bits per heavy atom. The number of aryl methyl sites for hydroxylation is 2. The number of anilines is 1. The number of nitrogens with one attached hydrogen (secondary N) is 1. The lowest BCUT2D eigenvalue weighted by Gasteiger charge is -2.09. The Morgan fingerprint density at radius 3 is 2.38 bits per heavy atom. The molecule has 3 rings (SSSR count). The third-order valence-corrected chi connectivity index (χ3v) is 3.74. The van der Waals surface area contributed by atoms with E-state index in [2.05, 4.69) is 20.1 Å². The number of benzene rings is 2. The van der Waals surface area contributed by atoms with Crippen LogP contribution in [0.15, 0.2) is 48.8 Å². The first kappa shape index (κ1) is 17.5. The molecular weight excluding hydrogens is 342 g/mol. The van der Waals surface area contributed by atoms with Gasteiger partial charge in [0, 0.05) is 5.69 Å². The summed E-state index contributed by atoms with van der Waals surface area (Å²) >= 11 is 0. The van der Waals surface area contributed by atoms with Crippen molar-refractivity contribution in [3.8, 4) is 11.4 Å². The van der Waals surface area contributed by atoms with Crippen LogP contribution in [0.4, 0.5) is 14.5 Å². The van der Waals surface area contributed by atoms with E-state index in [-0.39, 0.29) is 11.6 Å². The molecule has 0 aliphatic carbocycles. The normalized spacial score (nSPS) is 10.8. The number of rotatable bonds is 5. The summed E-state index contributed by atoms with van der Waals surface area (Å²) in [6.45, 7) is 0.919. The van der Waals surface area contributed by atoms with Crippen molar-refractivity contribution in [2.45, 2.75) is 20.5 Å². The molecule has 0 aliphatic rings. The Bertz CT molecular complexity index is 903. The van der Waals surface area contributed by atoms with Gasteiger partial charge in [-0.15, -0.1) is 5.10 Å². The maximum atomic E-state index is 12.4. The second kappa shape index (κ2) is 7.30. The summed E-state index contributed by atoms with van der Waals surface area (Å²) in [5.74, 6) is -0.392. The molecule has 26 heavy (non-hydrogen) atoms. The number of nitrogens with zero attached hydrogens (tertiary/aromatic N) is 3. The van der Waals surface area contributed by atoms with Crippen molar-refractivity contribution in [2.75, 3.05) is 5.32 Å². The van der Waals surface area contributed by atoms with Gasteiger partial charge in [0.25, 0.3) is 5.91 Å². The van der Waals surface area contributed by atoms with Crippen LogP contribution in [0.2, 0.25) is 0 Å². The molecule has 134 valence electrons. The van der Waals surface area contributed by atoms with Gasteiger partial charge in [-0.3, -0.25) is 4.79 Å². The summed E-state index contributed by atoms with van der Waals surface area (Å²) in [6, 6.07) is 11.6. The van der Waals surface area contributed by atoms with Crippen molar-refractivity contribution in [1.29, 1.82) is 0 Å². The molecule has 0 saturated carbocycles. The number of aromatic nitrogens is 3. The molecule has 2 aromatic carbocycles. The highest BCUT2D eigenvalue weighted by atomic mass is 19.3. The number of para-hydroxylation sites is 1. The van der Waals surface area contributed by atoms with Crippen molar-refractivity contribution >= 4 is 11.6 Å². The van der Waals surface area contributed by atoms with Crippen LogP contribution in [0, 0.1) is 13.8 Å². The van der Waals surface area contributed by atoms with Gasteiger partial charge >= 0.3 is 6.61 Å². The zero-order valence-electron chi connectivity index (χ0n) is 14.1. The number of halogens is 2. The van der Waals surface area contributed by atoms with Gasteiger partial charge in [-0.2, -0.15) is 8.78 Å². The number of alkyl halides is 2. The molecule has 1 aromatic heterocycles. The molecule has 0 atom stereocenters. The van der Waals surface area contributed by atoms with Crippen LogP contribution >= 0.6 is 0 Å². The lowest BCUT2D eigenvalue weighted by molar-refractivity contribution is -0.0498. The molecule has 8 heteroatoms. The van der Waals surface area contributed by atoms with E-state index in [1.54, 1.807) is 12.1 Å². The maximum Gasteiger partial charge on any atom is 0.387 e. The van der Waals surface area contributed by atoms with Gasteiger partial charge in [-0.1, -0.05) is 18.2 Å². The minimum absolute atomic E-state index is 0.000519. The fraction of sp³-hybridized carbons (Fsp3) is 0.167. The third-order valence-electron chi connectivity index (χ3n) is 3.74. The van der Waals surface area contributed by atoms with E-state index in [0.717, 1.165) is 16.8 Å². The summed E-state index contributed by atoms with van der Waals surface area (Å²) in [6.07, 6.45) is 1.38. The van der Waals surface area contributed by atoms with E-state index in [4.69, 9.17) is 0 Å². The second-order valence-electron chi connectivity index (χ2n) is 5.61. The van der Waals surface area contributed by atoms with Gasteiger partial charge in [0.2, 0.25) is 5.82 Å². The van der Waals surface area contributed by atoms with E-state index in [9.17, 15) is 13.6 Å². The van der Waals surface area contributed by atoms with Crippen LogP contribution in [0.25, 0.3) is 5.69 Å². The zero-order chi connectivity index (χ0) is 18.7. The van der Waals surface area contributed by atoms with E-state index in [1.807, 2.05) is 32.0 Å². The first-order valence-corrected chi connectivity index (χ1v) is 7.78. The summed E-state index contributed by atoms with van der Waals surface area (Å²) in [5, 5.41) is 6.94. The molecule has 0 fully saturated rings. The van der Waals surface area contributed by atoms with E-state index < -0.39 is 12.5 Å². The van der Waals surface area contributed by atoms with Crippen molar-refractivity contribution in [3.63, 3.8) is 0 Å². The van der Waals surface area contributed by atoms with Gasteiger partial charge in [-0.05, 0) is 49.2 Å². The quantitative estimate of drug-likeness (QED) is 0.754. The third kappa shape index (κ3) is 3.85. The average molecular weight is 358 g/mol. The Labute approximate surface area is 148 Å². The molecule has 6 nitrogen and oxygen atoms in total. The van der Waals surface area contributed by atoms with Gasteiger partial charge in [0.15, 0.2) is 0 Å². The van der Waals surface area contributed by atoms with Crippen LogP contribution in [0.1, 0.15) is 21.7 Å². The van der Waals surface area contributed by atoms with Crippen LogP contribution in [0.5, 0.6) is 5.75 Å². The fourth-order valence-electron chi connectivity index (χ4n) is 2.45. The molecule has 1 N–H and O–H groups in total. The molecule has 0 bridgehead atoms. The lowest BCUT2D eigenvalue weighted by Crippen LogP contribution is -2.16. The van der Waals surface area contributed by atoms with Crippen molar-refractivity contribution in [2.24, 2.45) is 0 Å². The minimum atomic E-state index is -2.88. The van der Waals surface area contributed by atoms with Gasteiger partial charge in [-0.25, -0.2) is 9.67 Å². The van der Waals surface area contributed by atoms with Crippen molar-refractivity contribution in [1.82, 2.24) is 14.8 Å². The van der Waals surface area contributed by atoms with E-state index in [0.29, 0.717) is 5.69 Å². The average Bonchev–Trinajstić information content (AvgIpc) is 3.08. The predicted octanol–water partition coefficient (Wildman–Crippen LogP) is 3.74. The van der Waals surface area contributed by atoms with Gasteiger partial charge < -0.3 is 10.1 Å². The summed E-state index contributed by atoms with van der Waals surface area (Å²) in [5.41, 5.74) is 3.16. The monoisotopic (exact) mass is 358 g/mol. The first-order valence-electron chi connectivity index (χ1n) is 7.78. The highest BCUT2D eigenvalue weighted by molar-refractivity contribution is 6.02. The highest BCUT2D eigenvalue weighted by Gasteiger charge is 2.14. The number of hydrogen-bond donors (Lipinski definition) is 1. The van der Waals surface area contributed by atoms with E-state index in [1.165, 1.54) is 23.1 Å². The van der Waals surface area contributed by atoms with Crippen LogP contribution < -0.4 is 10.1 Å². The molecule has 3 aromatic rings. The topological polar surface area (TPSA) is 69.0 Å².